The average Bonchev–Trinajstić information content (AvgIpc) is 3.06. The maximum Gasteiger partial charge on any atom is 0.384 e. The van der Waals surface area contributed by atoms with E-state index in [0.717, 1.165) is 11.3 Å². The summed E-state index contributed by atoms with van der Waals surface area (Å²) in [6.45, 7) is 2.08. The van der Waals surface area contributed by atoms with Gasteiger partial charge in [0.25, 0.3) is 0 Å². The number of rotatable bonds is 3. The molecular formula is C18H14N4O2S. The summed E-state index contributed by atoms with van der Waals surface area (Å²) in [5.74, 6) is 0.359. The van der Waals surface area contributed by atoms with Crippen LogP contribution in [0.4, 0.5) is 11.5 Å². The molecule has 0 aliphatic rings. The number of thiophene rings is 1. The number of aromatic nitrogens is 3. The standard InChI is InChI=1S/C18H14N4O2S/c1-11-4-9-15(25-11)12-5-7-13(8-6-12)20-16-14-3-2-10-19-17(14)22(24)18(23)21-16/h2-10,24H,1H3,(H,20,21,23). The number of aryl methyl sites for hydroxylation is 1. The summed E-state index contributed by atoms with van der Waals surface area (Å²) < 4.78 is 0.447. The SMILES string of the molecule is Cc1ccc(-c2ccc(Nc3nc(=O)n(O)c4ncccc34)cc2)s1. The number of hydrogen-bond acceptors (Lipinski definition) is 6. The molecule has 0 saturated heterocycles. The van der Waals surface area contributed by atoms with Crippen LogP contribution in [-0.2, 0) is 0 Å². The molecule has 124 valence electrons. The van der Waals surface area contributed by atoms with Gasteiger partial charge in [0.1, 0.15) is 5.82 Å². The molecule has 4 rings (SSSR count). The molecule has 0 bridgehead atoms. The van der Waals surface area contributed by atoms with E-state index in [1.807, 2.05) is 24.3 Å². The van der Waals surface area contributed by atoms with Crippen molar-refractivity contribution in [2.45, 2.75) is 6.92 Å². The number of nitrogens with one attached hydrogen (secondary N) is 1. The predicted molar refractivity (Wildman–Crippen MR) is 98.8 cm³/mol. The molecule has 0 unspecified atom stereocenters. The molecule has 1 aromatic carbocycles. The van der Waals surface area contributed by atoms with E-state index in [9.17, 15) is 10.0 Å². The molecule has 0 amide bonds. The van der Waals surface area contributed by atoms with Crippen molar-refractivity contribution >= 4 is 33.9 Å². The van der Waals surface area contributed by atoms with Crippen LogP contribution in [0.2, 0.25) is 0 Å². The largest absolute Gasteiger partial charge is 0.422 e. The van der Waals surface area contributed by atoms with Gasteiger partial charge in [-0.3, -0.25) is 0 Å². The molecule has 0 aliphatic heterocycles. The Hall–Kier alpha value is -3.19. The molecule has 0 spiro atoms. The second-order valence-corrected chi connectivity index (χ2v) is 6.83. The van der Waals surface area contributed by atoms with Gasteiger partial charge in [-0.15, -0.1) is 16.1 Å². The van der Waals surface area contributed by atoms with E-state index in [1.165, 1.54) is 16.0 Å². The van der Waals surface area contributed by atoms with Gasteiger partial charge in [-0.2, -0.15) is 4.98 Å². The molecule has 25 heavy (non-hydrogen) atoms. The first kappa shape index (κ1) is 15.3. The third kappa shape index (κ3) is 2.85. The first-order chi connectivity index (χ1) is 12.1. The maximum atomic E-state index is 11.8. The summed E-state index contributed by atoms with van der Waals surface area (Å²) in [6.07, 6.45) is 1.51. The van der Waals surface area contributed by atoms with Crippen LogP contribution in [0, 0.1) is 6.92 Å². The van der Waals surface area contributed by atoms with Gasteiger partial charge in [-0.1, -0.05) is 12.1 Å². The Labute approximate surface area is 147 Å². The van der Waals surface area contributed by atoms with E-state index in [0.29, 0.717) is 15.9 Å². The topological polar surface area (TPSA) is 80.0 Å². The smallest absolute Gasteiger partial charge is 0.384 e. The Morgan fingerprint density at radius 1 is 1.12 bits per heavy atom. The van der Waals surface area contributed by atoms with Crippen molar-refractivity contribution in [3.63, 3.8) is 0 Å². The summed E-state index contributed by atoms with van der Waals surface area (Å²) in [6, 6.07) is 15.6. The molecule has 4 aromatic rings. The lowest BCUT2D eigenvalue weighted by Crippen LogP contribution is -2.23. The lowest BCUT2D eigenvalue weighted by molar-refractivity contribution is 0.182. The quantitative estimate of drug-likeness (QED) is 0.549. The first-order valence-electron chi connectivity index (χ1n) is 7.63. The zero-order valence-electron chi connectivity index (χ0n) is 13.3. The fourth-order valence-corrected chi connectivity index (χ4v) is 3.46. The van der Waals surface area contributed by atoms with Crippen LogP contribution >= 0.6 is 11.3 Å². The summed E-state index contributed by atoms with van der Waals surface area (Å²) in [5.41, 5.74) is 1.31. The average molecular weight is 350 g/mol. The zero-order valence-corrected chi connectivity index (χ0v) is 14.1. The third-order valence-corrected chi connectivity index (χ3v) is 4.85. The third-order valence-electron chi connectivity index (χ3n) is 3.80. The van der Waals surface area contributed by atoms with Crippen molar-refractivity contribution in [1.82, 2.24) is 14.7 Å². The van der Waals surface area contributed by atoms with E-state index in [2.05, 4.69) is 34.3 Å². The van der Waals surface area contributed by atoms with Gasteiger partial charge in [-0.25, -0.2) is 9.78 Å². The van der Waals surface area contributed by atoms with E-state index >= 15 is 0 Å². The number of nitrogens with zero attached hydrogens (tertiary/aromatic N) is 3. The lowest BCUT2D eigenvalue weighted by Gasteiger charge is -2.09. The summed E-state index contributed by atoms with van der Waals surface area (Å²) in [5, 5.41) is 13.5. The minimum atomic E-state index is -0.778. The fraction of sp³-hybridized carbons (Fsp3) is 0.0556. The number of pyridine rings is 1. The minimum absolute atomic E-state index is 0.163. The van der Waals surface area contributed by atoms with Crippen LogP contribution in [0.25, 0.3) is 21.5 Å². The Balaban J connectivity index is 1.70. The van der Waals surface area contributed by atoms with Crippen LogP contribution in [0.5, 0.6) is 0 Å². The first-order valence-corrected chi connectivity index (χ1v) is 8.44. The van der Waals surface area contributed by atoms with Gasteiger partial charge in [-0.05, 0) is 48.9 Å². The van der Waals surface area contributed by atoms with E-state index in [1.54, 1.807) is 23.5 Å². The van der Waals surface area contributed by atoms with Crippen LogP contribution in [-0.4, -0.2) is 19.9 Å². The fourth-order valence-electron chi connectivity index (χ4n) is 2.58. The van der Waals surface area contributed by atoms with Gasteiger partial charge < -0.3 is 10.5 Å². The normalized spacial score (nSPS) is 10.9. The van der Waals surface area contributed by atoms with Gasteiger partial charge in [0.15, 0.2) is 5.65 Å². The van der Waals surface area contributed by atoms with Gasteiger partial charge in [0.05, 0.1) is 5.39 Å². The molecule has 0 atom stereocenters. The van der Waals surface area contributed by atoms with Crippen LogP contribution < -0.4 is 11.0 Å². The van der Waals surface area contributed by atoms with E-state index < -0.39 is 5.69 Å². The van der Waals surface area contributed by atoms with Crippen molar-refractivity contribution in [2.75, 3.05) is 5.32 Å². The van der Waals surface area contributed by atoms with Crippen LogP contribution in [0.3, 0.4) is 0 Å². The van der Waals surface area contributed by atoms with Crippen molar-refractivity contribution in [3.05, 3.63) is 70.1 Å². The molecule has 0 fully saturated rings. The molecule has 0 radical (unpaired) electrons. The number of fused-ring (bicyclic) bond motifs is 1. The van der Waals surface area contributed by atoms with Gasteiger partial charge >= 0.3 is 5.69 Å². The van der Waals surface area contributed by atoms with Crippen molar-refractivity contribution < 1.29 is 5.21 Å². The molecule has 2 N–H and O–H groups in total. The maximum absolute atomic E-state index is 11.8. The summed E-state index contributed by atoms with van der Waals surface area (Å²) in [4.78, 5) is 22.2. The van der Waals surface area contributed by atoms with E-state index in [4.69, 9.17) is 0 Å². The van der Waals surface area contributed by atoms with Crippen LogP contribution in [0.15, 0.2) is 59.5 Å². The molecule has 0 saturated carbocycles. The highest BCUT2D eigenvalue weighted by Crippen LogP contribution is 2.29. The van der Waals surface area contributed by atoms with Crippen molar-refractivity contribution in [2.24, 2.45) is 0 Å². The van der Waals surface area contributed by atoms with Crippen LogP contribution in [0.1, 0.15) is 4.88 Å². The second kappa shape index (κ2) is 6.03. The highest BCUT2D eigenvalue weighted by molar-refractivity contribution is 7.15. The second-order valence-electron chi connectivity index (χ2n) is 5.54. The highest BCUT2D eigenvalue weighted by Gasteiger charge is 2.11. The molecule has 0 aliphatic carbocycles. The Bertz CT molecular complexity index is 1120. The lowest BCUT2D eigenvalue weighted by atomic mass is 10.1. The number of benzene rings is 1. The molecular weight excluding hydrogens is 336 g/mol. The van der Waals surface area contributed by atoms with Gasteiger partial charge in [0.2, 0.25) is 0 Å². The summed E-state index contributed by atoms with van der Waals surface area (Å²) >= 11 is 1.74. The zero-order chi connectivity index (χ0) is 17.4. The van der Waals surface area contributed by atoms with Gasteiger partial charge in [0, 0.05) is 21.6 Å². The monoisotopic (exact) mass is 350 g/mol. The predicted octanol–water partition coefficient (Wildman–Crippen LogP) is 3.81. The van der Waals surface area contributed by atoms with Crippen molar-refractivity contribution in [3.8, 4) is 10.4 Å². The Morgan fingerprint density at radius 3 is 2.64 bits per heavy atom. The Kier molecular flexibility index (Phi) is 3.70. The highest BCUT2D eigenvalue weighted by atomic mass is 32.1. The number of hydrogen-bond donors (Lipinski definition) is 2. The Morgan fingerprint density at radius 2 is 1.92 bits per heavy atom. The van der Waals surface area contributed by atoms with Crippen molar-refractivity contribution in [1.29, 1.82) is 0 Å². The molecule has 3 aromatic heterocycles. The molecule has 3 heterocycles. The molecule has 7 heteroatoms. The number of anilines is 2. The summed E-state index contributed by atoms with van der Waals surface area (Å²) in [7, 11) is 0. The van der Waals surface area contributed by atoms with E-state index in [-0.39, 0.29) is 5.65 Å². The minimum Gasteiger partial charge on any atom is -0.422 e. The molecule has 6 nitrogen and oxygen atoms in total.